The van der Waals surface area contributed by atoms with Gasteiger partial charge in [0, 0.05) is 31.1 Å². The molecule has 1 aromatic carbocycles. The molecule has 2 N–H and O–H groups in total. The number of aromatic nitrogens is 2. The molecule has 3 rings (SSSR count). The summed E-state index contributed by atoms with van der Waals surface area (Å²) in [4.78, 5) is 21.7. The molecule has 0 amide bonds. The number of nitrogens with two attached hydrogens (primary N) is 1. The Hall–Kier alpha value is -1.99. The van der Waals surface area contributed by atoms with Gasteiger partial charge >= 0.3 is 0 Å². The number of piperidine rings is 1. The van der Waals surface area contributed by atoms with Crippen molar-refractivity contribution < 1.29 is 0 Å². The summed E-state index contributed by atoms with van der Waals surface area (Å²) in [5, 5.41) is 0.734. The van der Waals surface area contributed by atoms with E-state index in [0.717, 1.165) is 42.4 Å². The summed E-state index contributed by atoms with van der Waals surface area (Å²) in [6.07, 6.45) is 2.29. The van der Waals surface area contributed by atoms with Crippen LogP contribution in [0.5, 0.6) is 0 Å². The highest BCUT2D eigenvalue weighted by Crippen LogP contribution is 2.27. The number of anilines is 1. The summed E-state index contributed by atoms with van der Waals surface area (Å²) in [5.41, 5.74) is 6.97. The lowest BCUT2D eigenvalue weighted by molar-refractivity contribution is 0.152. The fraction of sp³-hybridized carbons (Fsp3) is 0.583. The van der Waals surface area contributed by atoms with E-state index < -0.39 is 0 Å². The molecular formula is C24H37N5OS. The van der Waals surface area contributed by atoms with Gasteiger partial charge in [0.05, 0.1) is 0 Å². The highest BCUT2D eigenvalue weighted by Gasteiger charge is 2.24. The van der Waals surface area contributed by atoms with E-state index in [1.807, 2.05) is 35.0 Å². The Labute approximate surface area is 190 Å². The smallest absolute Gasteiger partial charge is 0.278 e. The molecular weight excluding hydrogens is 406 g/mol. The molecule has 0 aliphatic carbocycles. The second-order valence-electron chi connectivity index (χ2n) is 9.20. The van der Waals surface area contributed by atoms with E-state index in [9.17, 15) is 4.79 Å². The Kier molecular flexibility index (Phi) is 8.06. The lowest BCUT2D eigenvalue weighted by Gasteiger charge is -2.34. The monoisotopic (exact) mass is 443 g/mol. The van der Waals surface area contributed by atoms with Crippen molar-refractivity contribution in [2.75, 3.05) is 25.4 Å². The van der Waals surface area contributed by atoms with Crippen LogP contribution < -0.4 is 11.3 Å². The molecule has 1 aromatic heterocycles. The first kappa shape index (κ1) is 23.7. The predicted octanol–water partition coefficient (Wildman–Crippen LogP) is 4.08. The Morgan fingerprint density at radius 1 is 1.16 bits per heavy atom. The van der Waals surface area contributed by atoms with E-state index in [2.05, 4.69) is 32.6 Å². The van der Waals surface area contributed by atoms with E-state index in [4.69, 9.17) is 10.7 Å². The van der Waals surface area contributed by atoms with Crippen LogP contribution in [0.1, 0.15) is 46.1 Å². The molecule has 0 radical (unpaired) electrons. The van der Waals surface area contributed by atoms with Crippen molar-refractivity contribution in [2.24, 2.45) is 23.9 Å². The molecule has 6 nitrogen and oxygen atoms in total. The summed E-state index contributed by atoms with van der Waals surface area (Å²) in [6, 6.07) is 10.7. The molecule has 1 saturated heterocycles. The van der Waals surface area contributed by atoms with Gasteiger partial charge in [-0.3, -0.25) is 19.2 Å². The van der Waals surface area contributed by atoms with Crippen LogP contribution in [0.15, 0.2) is 45.0 Å². The molecule has 0 unspecified atom stereocenters. The van der Waals surface area contributed by atoms with Crippen LogP contribution in [0.3, 0.4) is 0 Å². The molecule has 2 aromatic rings. The topological polar surface area (TPSA) is 68.6 Å². The summed E-state index contributed by atoms with van der Waals surface area (Å²) in [6.45, 7) is 12.4. The van der Waals surface area contributed by atoms with Gasteiger partial charge in [-0.05, 0) is 63.7 Å². The highest BCUT2D eigenvalue weighted by molar-refractivity contribution is 8.14. The normalized spacial score (nSPS) is 16.5. The second-order valence-corrected chi connectivity index (χ2v) is 10.3. The Balaban J connectivity index is 1.89. The van der Waals surface area contributed by atoms with E-state index >= 15 is 0 Å². The number of thioether (sulfide) groups is 1. The minimum atomic E-state index is -0.0741. The van der Waals surface area contributed by atoms with E-state index in [1.165, 1.54) is 11.8 Å². The molecule has 2 heterocycles. The number of nitrogen functional groups attached to an aromatic ring is 1. The lowest BCUT2D eigenvalue weighted by atomic mass is 9.96. The first-order chi connectivity index (χ1) is 14.8. The molecule has 1 aliphatic heterocycles. The standard InChI is InChI=1S/C24H37N5OS/c1-17(2)16-29-22(25)21(24(30)27(29)5)23(31-20-9-7-6-8-10-20)26-15-19-11-13-28(14-12-19)18(3)4/h6-10,17-19H,11-16,25H2,1-5H3. The molecule has 170 valence electrons. The summed E-state index contributed by atoms with van der Waals surface area (Å²) < 4.78 is 3.51. The third kappa shape index (κ3) is 5.83. The van der Waals surface area contributed by atoms with Crippen LogP contribution in [-0.4, -0.2) is 45.0 Å². The SMILES string of the molecule is CC(C)Cn1c(N)c(C(=NCC2CCN(C(C)C)CC2)Sc2ccccc2)c(=O)n1C. The van der Waals surface area contributed by atoms with Gasteiger partial charge in [-0.1, -0.05) is 43.8 Å². The van der Waals surface area contributed by atoms with Crippen molar-refractivity contribution in [3.05, 3.63) is 46.2 Å². The third-order valence-electron chi connectivity index (χ3n) is 5.99. The molecule has 0 spiro atoms. The number of likely N-dealkylation sites (tertiary alicyclic amines) is 1. The maximum absolute atomic E-state index is 13.2. The van der Waals surface area contributed by atoms with Crippen molar-refractivity contribution in [1.29, 1.82) is 0 Å². The molecule has 1 aliphatic rings. The summed E-state index contributed by atoms with van der Waals surface area (Å²) >= 11 is 1.54. The van der Waals surface area contributed by atoms with Crippen LogP contribution in [0, 0.1) is 11.8 Å². The predicted molar refractivity (Wildman–Crippen MR) is 132 cm³/mol. The van der Waals surface area contributed by atoms with Crippen LogP contribution in [-0.2, 0) is 13.6 Å². The minimum absolute atomic E-state index is 0.0741. The Morgan fingerprint density at radius 3 is 2.39 bits per heavy atom. The van der Waals surface area contributed by atoms with Gasteiger partial charge in [0.1, 0.15) is 16.4 Å². The van der Waals surface area contributed by atoms with Crippen LogP contribution in [0.2, 0.25) is 0 Å². The van der Waals surface area contributed by atoms with E-state index in [-0.39, 0.29) is 5.56 Å². The average molecular weight is 444 g/mol. The number of rotatable bonds is 7. The maximum Gasteiger partial charge on any atom is 0.278 e. The number of aliphatic imine (C=N–C) groups is 1. The zero-order valence-corrected chi connectivity index (χ0v) is 20.4. The number of nitrogens with zero attached hydrogens (tertiary/aromatic N) is 4. The fourth-order valence-corrected chi connectivity index (χ4v) is 5.02. The van der Waals surface area contributed by atoms with Crippen LogP contribution in [0.4, 0.5) is 5.82 Å². The van der Waals surface area contributed by atoms with Gasteiger partial charge in [0.25, 0.3) is 5.56 Å². The zero-order valence-electron chi connectivity index (χ0n) is 19.5. The average Bonchev–Trinajstić information content (AvgIpc) is 2.95. The number of hydrogen-bond acceptors (Lipinski definition) is 5. The second kappa shape index (κ2) is 10.6. The molecule has 0 atom stereocenters. The molecule has 0 bridgehead atoms. The van der Waals surface area contributed by atoms with Crippen molar-refractivity contribution >= 4 is 22.6 Å². The van der Waals surface area contributed by atoms with Crippen molar-refractivity contribution in [2.45, 2.75) is 58.0 Å². The number of hydrogen-bond donors (Lipinski definition) is 1. The maximum atomic E-state index is 13.2. The number of benzene rings is 1. The largest absolute Gasteiger partial charge is 0.383 e. The highest BCUT2D eigenvalue weighted by atomic mass is 32.2. The van der Waals surface area contributed by atoms with Gasteiger partial charge in [-0.15, -0.1) is 0 Å². The molecule has 0 saturated carbocycles. The Morgan fingerprint density at radius 2 is 1.81 bits per heavy atom. The summed E-state index contributed by atoms with van der Waals surface area (Å²) in [5.74, 6) is 1.45. The molecule has 1 fully saturated rings. The van der Waals surface area contributed by atoms with Gasteiger partial charge in [-0.25, -0.2) is 0 Å². The summed E-state index contributed by atoms with van der Waals surface area (Å²) in [7, 11) is 1.79. The quantitative estimate of drug-likeness (QED) is 0.398. The van der Waals surface area contributed by atoms with Gasteiger partial charge in [-0.2, -0.15) is 0 Å². The van der Waals surface area contributed by atoms with Crippen LogP contribution in [0.25, 0.3) is 0 Å². The van der Waals surface area contributed by atoms with Gasteiger partial charge in [0.2, 0.25) is 0 Å². The molecule has 7 heteroatoms. The van der Waals surface area contributed by atoms with E-state index in [1.54, 1.807) is 11.7 Å². The zero-order chi connectivity index (χ0) is 22.5. The van der Waals surface area contributed by atoms with Crippen LogP contribution >= 0.6 is 11.8 Å². The van der Waals surface area contributed by atoms with Gasteiger partial charge < -0.3 is 10.6 Å². The first-order valence-corrected chi connectivity index (χ1v) is 12.2. The lowest BCUT2D eigenvalue weighted by Crippen LogP contribution is -2.39. The minimum Gasteiger partial charge on any atom is -0.383 e. The Bertz CT molecular complexity index is 937. The fourth-order valence-electron chi connectivity index (χ4n) is 4.07. The van der Waals surface area contributed by atoms with Crippen molar-refractivity contribution in [1.82, 2.24) is 14.3 Å². The van der Waals surface area contributed by atoms with Crippen molar-refractivity contribution in [3.8, 4) is 0 Å². The first-order valence-electron chi connectivity index (χ1n) is 11.3. The molecule has 31 heavy (non-hydrogen) atoms. The third-order valence-corrected chi connectivity index (χ3v) is 7.02. The van der Waals surface area contributed by atoms with E-state index in [0.29, 0.717) is 35.8 Å². The van der Waals surface area contributed by atoms with Crippen molar-refractivity contribution in [3.63, 3.8) is 0 Å². The van der Waals surface area contributed by atoms with Gasteiger partial charge in [0.15, 0.2) is 0 Å².